The minimum absolute atomic E-state index is 0.184. The highest BCUT2D eigenvalue weighted by Gasteiger charge is 2.43. The van der Waals surface area contributed by atoms with Crippen molar-refractivity contribution in [2.75, 3.05) is 13.2 Å². The molecule has 3 rings (SSSR count). The molecule has 3 unspecified atom stereocenters. The van der Waals surface area contributed by atoms with Crippen molar-refractivity contribution in [3.05, 3.63) is 0 Å². The van der Waals surface area contributed by atoms with E-state index in [0.717, 1.165) is 19.3 Å². The summed E-state index contributed by atoms with van der Waals surface area (Å²) < 4.78 is 5.02. The monoisotopic (exact) mass is 241 g/mol. The van der Waals surface area contributed by atoms with Gasteiger partial charge in [0, 0.05) is 19.0 Å². The summed E-state index contributed by atoms with van der Waals surface area (Å²) >= 11 is 0. The van der Waals surface area contributed by atoms with Crippen LogP contribution in [0.5, 0.6) is 0 Å². The van der Waals surface area contributed by atoms with E-state index in [-0.39, 0.29) is 24.5 Å². The van der Waals surface area contributed by atoms with Crippen molar-refractivity contribution in [2.24, 2.45) is 11.8 Å². The lowest BCUT2D eigenvalue weighted by molar-refractivity contribution is -0.139. The fourth-order valence-corrected chi connectivity index (χ4v) is 3.13. The molecule has 0 radical (unpaired) electrons. The number of ether oxygens (including phenoxy) is 1. The fraction of sp³-hybridized carbons (Fsp3) is 0.833. The van der Waals surface area contributed by atoms with Crippen LogP contribution in [-0.2, 0) is 9.53 Å². The number of fused-ring (bicyclic) bond motifs is 3. The van der Waals surface area contributed by atoms with Crippen LogP contribution in [0.2, 0.25) is 0 Å². The quantitative estimate of drug-likeness (QED) is 0.817. The maximum absolute atomic E-state index is 11.7. The average molecular weight is 241 g/mol. The molecule has 2 heterocycles. The number of hydrogen-bond donors (Lipinski definition) is 1. The number of hydrogen-bond acceptors (Lipinski definition) is 3. The zero-order valence-corrected chi connectivity index (χ0v) is 10.1. The summed E-state index contributed by atoms with van der Waals surface area (Å²) in [6.45, 7) is 2.86. The highest BCUT2D eigenvalue weighted by molar-refractivity contribution is 5.69. The molecule has 3 aliphatic rings. The number of carbonyl (C=O) groups is 2. The molecule has 0 aromatic carbocycles. The Labute approximate surface area is 101 Å². The molecule has 1 amide bonds. The Morgan fingerprint density at radius 3 is 2.71 bits per heavy atom. The summed E-state index contributed by atoms with van der Waals surface area (Å²) in [5, 5.41) is 8.85. The van der Waals surface area contributed by atoms with Crippen LogP contribution in [0.25, 0.3) is 0 Å². The zero-order valence-electron chi connectivity index (χ0n) is 10.1. The van der Waals surface area contributed by atoms with Crippen LogP contribution in [0.4, 0.5) is 4.79 Å². The maximum atomic E-state index is 11.7. The van der Waals surface area contributed by atoms with Crippen LogP contribution >= 0.6 is 0 Å². The van der Waals surface area contributed by atoms with Crippen molar-refractivity contribution in [1.82, 2.24) is 4.90 Å². The normalized spacial score (nSPS) is 31.4. The first-order valence-electron chi connectivity index (χ1n) is 6.27. The number of aliphatic carboxylic acids is 1. The average Bonchev–Trinajstić information content (AvgIpc) is 2.29. The van der Waals surface area contributed by atoms with Gasteiger partial charge in [-0.05, 0) is 38.0 Å². The molecule has 0 spiro atoms. The lowest BCUT2D eigenvalue weighted by Crippen LogP contribution is -2.54. The van der Waals surface area contributed by atoms with Crippen LogP contribution in [0, 0.1) is 11.8 Å². The van der Waals surface area contributed by atoms with Gasteiger partial charge in [0.1, 0.15) is 0 Å². The largest absolute Gasteiger partial charge is 0.481 e. The second kappa shape index (κ2) is 4.94. The van der Waals surface area contributed by atoms with Crippen LogP contribution < -0.4 is 0 Å². The van der Waals surface area contributed by atoms with E-state index in [4.69, 9.17) is 9.84 Å². The predicted molar refractivity (Wildman–Crippen MR) is 60.6 cm³/mol. The molecule has 2 saturated heterocycles. The molecule has 3 atom stereocenters. The molecule has 2 bridgehead atoms. The van der Waals surface area contributed by atoms with Gasteiger partial charge in [0.15, 0.2) is 0 Å². The van der Waals surface area contributed by atoms with E-state index in [1.54, 1.807) is 11.8 Å². The van der Waals surface area contributed by atoms with E-state index in [9.17, 15) is 9.59 Å². The van der Waals surface area contributed by atoms with E-state index in [2.05, 4.69) is 0 Å². The standard InChI is InChI=1S/C12H19NO4/c1-2-17-12(16)13-7-8-3-4-10(13)5-9(8)6-11(14)15/h8-10H,2-7H2,1H3,(H,14,15). The van der Waals surface area contributed by atoms with Crippen LogP contribution in [0.1, 0.15) is 32.6 Å². The Kier molecular flexibility index (Phi) is 3.54. The van der Waals surface area contributed by atoms with Crippen molar-refractivity contribution in [2.45, 2.75) is 38.6 Å². The van der Waals surface area contributed by atoms with Crippen molar-refractivity contribution in [3.8, 4) is 0 Å². The van der Waals surface area contributed by atoms with Gasteiger partial charge in [0.25, 0.3) is 0 Å². The molecule has 5 nitrogen and oxygen atoms in total. The van der Waals surface area contributed by atoms with Gasteiger partial charge in [-0.25, -0.2) is 4.79 Å². The summed E-state index contributed by atoms with van der Waals surface area (Å²) in [7, 11) is 0. The third kappa shape index (κ3) is 2.53. The number of carboxylic acid groups (broad SMARTS) is 1. The van der Waals surface area contributed by atoms with Crippen LogP contribution in [0.3, 0.4) is 0 Å². The summed E-state index contributed by atoms with van der Waals surface area (Å²) in [6.07, 6.45) is 2.84. The van der Waals surface area contributed by atoms with Crippen LogP contribution in [-0.4, -0.2) is 41.3 Å². The zero-order chi connectivity index (χ0) is 12.4. The van der Waals surface area contributed by atoms with E-state index >= 15 is 0 Å². The number of rotatable bonds is 3. The second-order valence-electron chi connectivity index (χ2n) is 4.94. The van der Waals surface area contributed by atoms with Gasteiger partial charge in [-0.2, -0.15) is 0 Å². The lowest BCUT2D eigenvalue weighted by Gasteiger charge is -2.48. The number of piperidine rings is 2. The van der Waals surface area contributed by atoms with Gasteiger partial charge < -0.3 is 14.7 Å². The van der Waals surface area contributed by atoms with Gasteiger partial charge in [-0.15, -0.1) is 0 Å². The molecular weight excluding hydrogens is 222 g/mol. The first kappa shape index (κ1) is 12.2. The predicted octanol–water partition coefficient (Wildman–Crippen LogP) is 1.72. The molecule has 1 saturated carbocycles. The van der Waals surface area contributed by atoms with E-state index < -0.39 is 5.97 Å². The third-order valence-electron chi connectivity index (χ3n) is 3.92. The smallest absolute Gasteiger partial charge is 0.410 e. The highest BCUT2D eigenvalue weighted by Crippen LogP contribution is 2.41. The molecule has 0 aromatic rings. The molecular formula is C12H19NO4. The van der Waals surface area contributed by atoms with Gasteiger partial charge in [-0.1, -0.05) is 0 Å². The Balaban J connectivity index is 1.97. The lowest BCUT2D eigenvalue weighted by atomic mass is 9.71. The molecule has 1 N–H and O–H groups in total. The van der Waals surface area contributed by atoms with Crippen molar-refractivity contribution in [3.63, 3.8) is 0 Å². The molecule has 3 fully saturated rings. The maximum Gasteiger partial charge on any atom is 0.410 e. The molecule has 2 aliphatic heterocycles. The van der Waals surface area contributed by atoms with E-state index in [0.29, 0.717) is 19.1 Å². The summed E-state index contributed by atoms with van der Waals surface area (Å²) in [5.74, 6) is -0.164. The Morgan fingerprint density at radius 1 is 1.41 bits per heavy atom. The Morgan fingerprint density at radius 2 is 2.18 bits per heavy atom. The molecule has 96 valence electrons. The van der Waals surface area contributed by atoms with Crippen LogP contribution in [0.15, 0.2) is 0 Å². The highest BCUT2D eigenvalue weighted by atomic mass is 16.6. The SMILES string of the molecule is CCOC(=O)N1CC2CCC1CC2CC(=O)O. The molecule has 5 heteroatoms. The van der Waals surface area contributed by atoms with E-state index in [1.165, 1.54) is 0 Å². The van der Waals surface area contributed by atoms with Gasteiger partial charge in [-0.3, -0.25) is 4.79 Å². The van der Waals surface area contributed by atoms with E-state index in [1.807, 2.05) is 0 Å². The number of amides is 1. The molecule has 0 aromatic heterocycles. The summed E-state index contributed by atoms with van der Waals surface area (Å²) in [5.41, 5.74) is 0. The number of carboxylic acids is 1. The third-order valence-corrected chi connectivity index (χ3v) is 3.92. The van der Waals surface area contributed by atoms with Crippen molar-refractivity contribution >= 4 is 12.1 Å². The minimum Gasteiger partial charge on any atom is -0.481 e. The minimum atomic E-state index is -0.731. The van der Waals surface area contributed by atoms with Gasteiger partial charge in [0.05, 0.1) is 6.61 Å². The summed E-state index contributed by atoms with van der Waals surface area (Å²) in [4.78, 5) is 24.2. The number of nitrogens with zero attached hydrogens (tertiary/aromatic N) is 1. The Bertz CT molecular complexity index is 318. The van der Waals surface area contributed by atoms with Crippen molar-refractivity contribution < 1.29 is 19.4 Å². The molecule has 17 heavy (non-hydrogen) atoms. The van der Waals surface area contributed by atoms with Gasteiger partial charge in [0.2, 0.25) is 0 Å². The van der Waals surface area contributed by atoms with Crippen molar-refractivity contribution in [1.29, 1.82) is 0 Å². The first-order chi connectivity index (χ1) is 8.11. The Hall–Kier alpha value is -1.26. The summed E-state index contributed by atoms with van der Waals surface area (Å²) in [6, 6.07) is 0.184. The fourth-order valence-electron chi connectivity index (χ4n) is 3.13. The second-order valence-corrected chi connectivity index (χ2v) is 4.94. The van der Waals surface area contributed by atoms with Gasteiger partial charge >= 0.3 is 12.1 Å². The topological polar surface area (TPSA) is 66.8 Å². The molecule has 1 aliphatic carbocycles. The number of carbonyl (C=O) groups excluding carboxylic acids is 1. The first-order valence-corrected chi connectivity index (χ1v) is 6.27.